The number of nitrogens with one attached hydrogen (secondary N) is 11. The van der Waals surface area contributed by atoms with Crippen LogP contribution in [0.25, 0.3) is 0 Å². The van der Waals surface area contributed by atoms with Crippen molar-refractivity contribution >= 4 is 93.6 Å². The van der Waals surface area contributed by atoms with E-state index in [1.54, 1.807) is 78.7 Å². The molecular formula is C53H66N22O10. The van der Waals surface area contributed by atoms with Crippen molar-refractivity contribution in [3.63, 3.8) is 0 Å². The Bertz CT molecular complexity index is 3730. The highest BCUT2D eigenvalue weighted by atomic mass is 16.2. The Hall–Kier alpha value is -10.7. The van der Waals surface area contributed by atoms with E-state index in [0.717, 1.165) is 6.42 Å². The maximum Gasteiger partial charge on any atom is 0.291 e. The van der Waals surface area contributed by atoms with Crippen molar-refractivity contribution in [1.29, 1.82) is 0 Å². The first-order valence-corrected chi connectivity index (χ1v) is 26.7. The summed E-state index contributed by atoms with van der Waals surface area (Å²) in [5.74, 6) is -4.21. The Morgan fingerprint density at radius 3 is 1.35 bits per heavy atom. The molecule has 11 N–H and O–H groups in total. The number of rotatable bonds is 25. The van der Waals surface area contributed by atoms with E-state index in [2.05, 4.69) is 78.4 Å². The lowest BCUT2D eigenvalue weighted by molar-refractivity contribution is -0.119. The van der Waals surface area contributed by atoms with E-state index in [9.17, 15) is 47.9 Å². The average Bonchev–Trinajstić information content (AvgIpc) is 3.27. The minimum absolute atomic E-state index is 0.00495. The molecule has 448 valence electrons. The summed E-state index contributed by atoms with van der Waals surface area (Å²) >= 11 is 0. The van der Waals surface area contributed by atoms with Crippen LogP contribution in [0.4, 0.5) is 34.5 Å². The van der Waals surface area contributed by atoms with Crippen LogP contribution in [0.15, 0.2) is 67.8 Å². The summed E-state index contributed by atoms with van der Waals surface area (Å²) in [6.45, 7) is 3.28. The number of hydrogen-bond donors (Lipinski definition) is 11. The number of carbonyl (C=O) groups is 10. The Morgan fingerprint density at radius 1 is 0.447 bits per heavy atom. The monoisotopic (exact) mass is 1170 g/mol. The molecule has 32 nitrogen and oxygen atoms in total. The average molecular weight is 1170 g/mol. The van der Waals surface area contributed by atoms with Crippen LogP contribution in [0, 0.1) is 5.41 Å². The van der Waals surface area contributed by atoms with E-state index in [1.165, 1.54) is 70.4 Å². The molecule has 0 saturated carbocycles. The number of nitrogens with zero attached hydrogens (tertiary/aromatic N) is 11. The van der Waals surface area contributed by atoms with E-state index >= 15 is 0 Å². The molecule has 0 spiro atoms. The van der Waals surface area contributed by atoms with Crippen LogP contribution in [0.5, 0.6) is 0 Å². The van der Waals surface area contributed by atoms with Gasteiger partial charge >= 0.3 is 0 Å². The van der Waals surface area contributed by atoms with Crippen LogP contribution in [-0.2, 0) is 63.7 Å². The molecule has 85 heavy (non-hydrogen) atoms. The molecule has 8 rings (SSSR count). The van der Waals surface area contributed by atoms with E-state index in [-0.39, 0.29) is 108 Å². The maximum atomic E-state index is 13.5. The van der Waals surface area contributed by atoms with Gasteiger partial charge in [-0.1, -0.05) is 6.92 Å². The quantitative estimate of drug-likeness (QED) is 0.0369. The third kappa shape index (κ3) is 14.9. The zero-order valence-electron chi connectivity index (χ0n) is 47.9. The molecule has 1 aliphatic rings. The molecule has 7 aromatic rings. The topological polar surface area (TPSA) is 389 Å². The van der Waals surface area contributed by atoms with Gasteiger partial charge in [-0.15, -0.1) is 0 Å². The van der Waals surface area contributed by atoms with Gasteiger partial charge in [0.2, 0.25) is 35.2 Å². The molecule has 1 aliphatic heterocycles. The Morgan fingerprint density at radius 2 is 0.871 bits per heavy atom. The molecule has 7 aromatic heterocycles. The number of imidazole rings is 4. The van der Waals surface area contributed by atoms with Gasteiger partial charge in [-0.25, -0.2) is 19.9 Å². The molecule has 0 atom stereocenters. The molecule has 0 bridgehead atoms. The number of carbonyl (C=O) groups excluding carboxylic acids is 10. The molecule has 1 fully saturated rings. The Labute approximate surface area is 485 Å². The summed E-state index contributed by atoms with van der Waals surface area (Å²) in [4.78, 5) is 147. The van der Waals surface area contributed by atoms with Gasteiger partial charge < -0.3 is 90.5 Å². The normalized spacial score (nSPS) is 12.3. The molecule has 0 radical (unpaired) electrons. The van der Waals surface area contributed by atoms with Crippen LogP contribution in [0.1, 0.15) is 107 Å². The standard InChI is InChI=1S/C53H66N22O10/c1-9-12-56-49(82)43-67-38(26-74(43)7)68-48(81)35-17-30(21-72(35)5)60-39(76)10-14-58-50(83)44-65-37(25-73(44)6)64-41(78)20-53(27-54-28-53)29-59-47(80)34-19-32(23-71(34)4)62-52(85)45-66-36(24-75(45)8)63-40(77)11-13-57-46(79)33-18-31(22-70(33)3)61-51(84)42-55-15-16-69(42)2/h15-19,21-26,54H,9-14,20,27-29H2,1-8H3,(H,56,82)(H,57,79)(H,58,83)(H,59,80)(H,60,76)(H,61,84)(H,62,85)(H,63,77)(H,64,78)(H,68,81). The lowest BCUT2D eigenvalue weighted by atomic mass is 9.78. The zero-order chi connectivity index (χ0) is 61.3. The fourth-order valence-corrected chi connectivity index (χ4v) is 9.10. The van der Waals surface area contributed by atoms with Gasteiger partial charge in [0.1, 0.15) is 17.1 Å². The third-order valence-electron chi connectivity index (χ3n) is 13.5. The summed E-state index contributed by atoms with van der Waals surface area (Å²) in [6.07, 6.45) is 12.7. The van der Waals surface area contributed by atoms with Gasteiger partial charge in [-0.05, 0) is 24.6 Å². The molecule has 0 aromatic carbocycles. The first-order chi connectivity index (χ1) is 40.5. The van der Waals surface area contributed by atoms with Crippen LogP contribution in [-0.4, -0.2) is 150 Å². The number of anilines is 6. The van der Waals surface area contributed by atoms with E-state index in [4.69, 9.17) is 0 Å². The van der Waals surface area contributed by atoms with Crippen molar-refractivity contribution < 1.29 is 47.9 Å². The highest BCUT2D eigenvalue weighted by Gasteiger charge is 2.40. The second-order valence-electron chi connectivity index (χ2n) is 20.5. The summed E-state index contributed by atoms with van der Waals surface area (Å²) < 4.78 is 10.5. The molecule has 8 heterocycles. The predicted octanol–water partition coefficient (Wildman–Crippen LogP) is 0.398. The van der Waals surface area contributed by atoms with Crippen molar-refractivity contribution in [2.75, 3.05) is 71.2 Å². The number of hydrogen-bond acceptors (Lipinski definition) is 15. The summed E-state index contributed by atoms with van der Waals surface area (Å²) in [6, 6.07) is 4.45. The molecule has 1 saturated heterocycles. The second-order valence-corrected chi connectivity index (χ2v) is 20.5. The smallest absolute Gasteiger partial charge is 0.291 e. The van der Waals surface area contributed by atoms with E-state index < -0.39 is 58.6 Å². The van der Waals surface area contributed by atoms with Gasteiger partial charge in [0, 0.05) is 163 Å². The van der Waals surface area contributed by atoms with E-state index in [1.807, 2.05) is 6.92 Å². The summed E-state index contributed by atoms with van der Waals surface area (Å²) in [7, 11) is 11.3. The first-order valence-electron chi connectivity index (χ1n) is 26.7. The molecule has 0 aliphatic carbocycles. The van der Waals surface area contributed by atoms with Gasteiger partial charge in [-0.3, -0.25) is 47.9 Å². The third-order valence-corrected chi connectivity index (χ3v) is 13.5. The predicted molar refractivity (Wildman–Crippen MR) is 308 cm³/mol. The first kappa shape index (κ1) is 60.4. The van der Waals surface area contributed by atoms with Crippen molar-refractivity contribution in [3.8, 4) is 0 Å². The van der Waals surface area contributed by atoms with Crippen molar-refractivity contribution in [1.82, 2.24) is 78.5 Å². The number of aryl methyl sites for hydroxylation is 7. The Kier molecular flexibility index (Phi) is 18.5. The fourth-order valence-electron chi connectivity index (χ4n) is 9.10. The highest BCUT2D eigenvalue weighted by Crippen LogP contribution is 2.28. The van der Waals surface area contributed by atoms with Crippen LogP contribution >= 0.6 is 0 Å². The van der Waals surface area contributed by atoms with Gasteiger partial charge in [0.05, 0.1) is 17.1 Å². The van der Waals surface area contributed by atoms with Crippen molar-refractivity contribution in [2.45, 2.75) is 32.6 Å². The van der Waals surface area contributed by atoms with Gasteiger partial charge in [-0.2, -0.15) is 0 Å². The number of amides is 10. The van der Waals surface area contributed by atoms with Crippen LogP contribution in [0.2, 0.25) is 0 Å². The zero-order valence-corrected chi connectivity index (χ0v) is 47.9. The fraction of sp³-hybridized carbons (Fsp3) is 0.358. The molecule has 32 heteroatoms. The SMILES string of the molecule is CCCNC(=O)c1nc(NC(=O)c2cc(NC(=O)CCNC(=O)c3nc(NC(=O)CC4(CNC(=O)c5cc(NC(=O)c6nc(NC(=O)CCNC(=O)c7cc(NC(=O)c8nccn8C)cn7C)cn6C)cn5C)CNC4)cn3C)cn2C)cn1C. The minimum Gasteiger partial charge on any atom is -0.350 e. The molecular weight excluding hydrogens is 1100 g/mol. The maximum absolute atomic E-state index is 13.5. The van der Waals surface area contributed by atoms with Crippen LogP contribution < -0.4 is 58.5 Å². The lowest BCUT2D eigenvalue weighted by Crippen LogP contribution is -2.60. The Balaban J connectivity index is 0.741. The highest BCUT2D eigenvalue weighted by molar-refractivity contribution is 6.06. The van der Waals surface area contributed by atoms with Crippen LogP contribution in [0.3, 0.4) is 0 Å². The van der Waals surface area contributed by atoms with E-state index in [0.29, 0.717) is 31.0 Å². The lowest BCUT2D eigenvalue weighted by Gasteiger charge is -2.42. The largest absolute Gasteiger partial charge is 0.350 e. The van der Waals surface area contributed by atoms with Gasteiger partial charge in [0.25, 0.3) is 41.4 Å². The summed E-state index contributed by atoms with van der Waals surface area (Å²) in [5, 5.41) is 30.3. The van der Waals surface area contributed by atoms with Gasteiger partial charge in [0.15, 0.2) is 23.3 Å². The summed E-state index contributed by atoms with van der Waals surface area (Å²) in [5.41, 5.74) is 1.01. The van der Waals surface area contributed by atoms with Crippen molar-refractivity contribution in [2.24, 2.45) is 54.7 Å². The minimum atomic E-state index is -0.655. The number of aromatic nitrogens is 11. The second kappa shape index (κ2) is 26.1. The molecule has 10 amide bonds. The molecule has 0 unspecified atom stereocenters. The van der Waals surface area contributed by atoms with Crippen molar-refractivity contribution in [3.05, 3.63) is 108 Å².